The summed E-state index contributed by atoms with van der Waals surface area (Å²) in [5.74, 6) is 0.339. The smallest absolute Gasteiger partial charge is 0.145 e. The van der Waals surface area contributed by atoms with Gasteiger partial charge >= 0.3 is 0 Å². The molecule has 1 saturated heterocycles. The molecule has 2 rings (SSSR count). The quantitative estimate of drug-likeness (QED) is 0.755. The lowest BCUT2D eigenvalue weighted by molar-refractivity contribution is -0.123. The molecule has 0 aromatic carbocycles. The zero-order valence-corrected chi connectivity index (χ0v) is 8.85. The maximum Gasteiger partial charge on any atom is 0.145 e. The summed E-state index contributed by atoms with van der Waals surface area (Å²) in [4.78, 5) is 16.0. The van der Waals surface area contributed by atoms with Gasteiger partial charge in [-0.05, 0) is 24.1 Å². The van der Waals surface area contributed by atoms with Crippen LogP contribution in [0.15, 0.2) is 24.5 Å². The standard InChI is InChI=1S/C12H15NO2/c1-9(10-2-5-13-6-3-10)12(14)11-4-7-15-8-11/h2-3,5-6,9,11H,4,7-8H2,1H3. The van der Waals surface area contributed by atoms with Crippen LogP contribution in [0.5, 0.6) is 0 Å². The summed E-state index contributed by atoms with van der Waals surface area (Å²) in [5.41, 5.74) is 1.04. The van der Waals surface area contributed by atoms with E-state index in [1.807, 2.05) is 19.1 Å². The first-order valence-electron chi connectivity index (χ1n) is 5.30. The third kappa shape index (κ3) is 2.23. The molecule has 2 heterocycles. The second-order valence-corrected chi connectivity index (χ2v) is 3.97. The zero-order valence-electron chi connectivity index (χ0n) is 8.85. The van der Waals surface area contributed by atoms with E-state index in [0.29, 0.717) is 12.4 Å². The fraction of sp³-hybridized carbons (Fsp3) is 0.500. The van der Waals surface area contributed by atoms with Crippen LogP contribution in [0, 0.1) is 5.92 Å². The number of rotatable bonds is 3. The molecule has 1 aromatic heterocycles. The molecule has 1 fully saturated rings. The summed E-state index contributed by atoms with van der Waals surface area (Å²) < 4.78 is 5.23. The van der Waals surface area contributed by atoms with Gasteiger partial charge in [-0.15, -0.1) is 0 Å². The summed E-state index contributed by atoms with van der Waals surface area (Å²) in [6, 6.07) is 3.80. The number of nitrogens with zero attached hydrogens (tertiary/aromatic N) is 1. The molecule has 2 unspecified atom stereocenters. The topological polar surface area (TPSA) is 39.2 Å². The van der Waals surface area contributed by atoms with E-state index in [1.165, 1.54) is 0 Å². The van der Waals surface area contributed by atoms with E-state index < -0.39 is 0 Å². The Morgan fingerprint density at radius 1 is 1.53 bits per heavy atom. The summed E-state index contributed by atoms with van der Waals surface area (Å²) in [5, 5.41) is 0. The van der Waals surface area contributed by atoms with Crippen LogP contribution in [0.4, 0.5) is 0 Å². The number of aromatic nitrogens is 1. The minimum atomic E-state index is -0.0419. The molecule has 0 saturated carbocycles. The van der Waals surface area contributed by atoms with Crippen molar-refractivity contribution in [1.29, 1.82) is 0 Å². The van der Waals surface area contributed by atoms with Crippen molar-refractivity contribution in [1.82, 2.24) is 4.98 Å². The Morgan fingerprint density at radius 3 is 2.87 bits per heavy atom. The summed E-state index contributed by atoms with van der Waals surface area (Å²) in [6.45, 7) is 3.27. The Bertz CT molecular complexity index is 331. The normalized spacial score (nSPS) is 22.6. The second kappa shape index (κ2) is 4.53. The van der Waals surface area contributed by atoms with Crippen molar-refractivity contribution in [2.45, 2.75) is 19.3 Å². The van der Waals surface area contributed by atoms with Crippen molar-refractivity contribution in [3.05, 3.63) is 30.1 Å². The summed E-state index contributed by atoms with van der Waals surface area (Å²) in [6.07, 6.45) is 4.32. The van der Waals surface area contributed by atoms with Gasteiger partial charge in [0.25, 0.3) is 0 Å². The number of Topliss-reactive ketones (excluding diaryl/α,β-unsaturated/α-hetero) is 1. The monoisotopic (exact) mass is 205 g/mol. The van der Waals surface area contributed by atoms with Gasteiger partial charge in [0.2, 0.25) is 0 Å². The van der Waals surface area contributed by atoms with E-state index in [-0.39, 0.29) is 11.8 Å². The van der Waals surface area contributed by atoms with E-state index in [4.69, 9.17) is 4.74 Å². The lowest BCUT2D eigenvalue weighted by Crippen LogP contribution is -2.20. The minimum Gasteiger partial charge on any atom is -0.381 e. The van der Waals surface area contributed by atoms with Crippen molar-refractivity contribution < 1.29 is 9.53 Å². The van der Waals surface area contributed by atoms with E-state index in [9.17, 15) is 4.79 Å². The maximum absolute atomic E-state index is 12.0. The van der Waals surface area contributed by atoms with Gasteiger partial charge in [-0.2, -0.15) is 0 Å². The van der Waals surface area contributed by atoms with Gasteiger partial charge in [0.1, 0.15) is 5.78 Å². The van der Waals surface area contributed by atoms with E-state index in [2.05, 4.69) is 4.98 Å². The van der Waals surface area contributed by atoms with Gasteiger partial charge in [-0.1, -0.05) is 6.92 Å². The molecule has 0 bridgehead atoms. The Balaban J connectivity index is 2.07. The number of carbonyl (C=O) groups excluding carboxylic acids is 1. The molecular formula is C12H15NO2. The molecule has 1 aliphatic heterocycles. The van der Waals surface area contributed by atoms with Gasteiger partial charge in [0, 0.05) is 30.8 Å². The van der Waals surface area contributed by atoms with Crippen LogP contribution < -0.4 is 0 Å². The van der Waals surface area contributed by atoms with Crippen molar-refractivity contribution >= 4 is 5.78 Å². The highest BCUT2D eigenvalue weighted by Crippen LogP contribution is 2.24. The molecule has 0 aliphatic carbocycles. The molecule has 0 radical (unpaired) electrons. The fourth-order valence-electron chi connectivity index (χ4n) is 1.93. The van der Waals surface area contributed by atoms with Crippen LogP contribution in [0.25, 0.3) is 0 Å². The second-order valence-electron chi connectivity index (χ2n) is 3.97. The number of hydrogen-bond acceptors (Lipinski definition) is 3. The number of ether oxygens (including phenoxy) is 1. The van der Waals surface area contributed by atoms with Crippen LogP contribution in [-0.4, -0.2) is 24.0 Å². The first-order valence-corrected chi connectivity index (χ1v) is 5.30. The molecule has 15 heavy (non-hydrogen) atoms. The van der Waals surface area contributed by atoms with E-state index in [0.717, 1.165) is 18.6 Å². The first kappa shape index (κ1) is 10.3. The number of ketones is 1. The van der Waals surface area contributed by atoms with Crippen molar-refractivity contribution in [2.24, 2.45) is 5.92 Å². The van der Waals surface area contributed by atoms with Crippen LogP contribution >= 0.6 is 0 Å². The molecule has 1 aliphatic rings. The Kier molecular flexibility index (Phi) is 3.11. The number of hydrogen-bond donors (Lipinski definition) is 0. The highest BCUT2D eigenvalue weighted by Gasteiger charge is 2.28. The van der Waals surface area contributed by atoms with Gasteiger partial charge in [0.15, 0.2) is 0 Å². The van der Waals surface area contributed by atoms with Gasteiger partial charge < -0.3 is 4.74 Å². The average molecular weight is 205 g/mol. The highest BCUT2D eigenvalue weighted by atomic mass is 16.5. The van der Waals surface area contributed by atoms with Gasteiger partial charge in [0.05, 0.1) is 6.61 Å². The number of carbonyl (C=O) groups is 1. The fourth-order valence-corrected chi connectivity index (χ4v) is 1.93. The third-order valence-corrected chi connectivity index (χ3v) is 2.96. The number of pyridine rings is 1. The maximum atomic E-state index is 12.0. The van der Waals surface area contributed by atoms with Crippen molar-refractivity contribution in [3.8, 4) is 0 Å². The van der Waals surface area contributed by atoms with Crippen LogP contribution in [0.2, 0.25) is 0 Å². The van der Waals surface area contributed by atoms with Crippen molar-refractivity contribution in [3.63, 3.8) is 0 Å². The van der Waals surface area contributed by atoms with Gasteiger partial charge in [-0.25, -0.2) is 0 Å². The lowest BCUT2D eigenvalue weighted by atomic mass is 9.89. The van der Waals surface area contributed by atoms with Crippen LogP contribution in [-0.2, 0) is 9.53 Å². The van der Waals surface area contributed by atoms with Gasteiger partial charge in [-0.3, -0.25) is 9.78 Å². The predicted octanol–water partition coefficient (Wildman–Crippen LogP) is 1.79. The van der Waals surface area contributed by atoms with Crippen LogP contribution in [0.3, 0.4) is 0 Å². The molecule has 3 heteroatoms. The molecular weight excluding hydrogens is 190 g/mol. The predicted molar refractivity (Wildman–Crippen MR) is 56.6 cm³/mol. The van der Waals surface area contributed by atoms with E-state index in [1.54, 1.807) is 12.4 Å². The molecule has 3 nitrogen and oxygen atoms in total. The Morgan fingerprint density at radius 2 is 2.27 bits per heavy atom. The third-order valence-electron chi connectivity index (χ3n) is 2.96. The Labute approximate surface area is 89.5 Å². The highest BCUT2D eigenvalue weighted by molar-refractivity contribution is 5.87. The Hall–Kier alpha value is -1.22. The van der Waals surface area contributed by atoms with E-state index >= 15 is 0 Å². The zero-order chi connectivity index (χ0) is 10.7. The molecule has 0 spiro atoms. The molecule has 0 amide bonds. The molecule has 0 N–H and O–H groups in total. The molecule has 80 valence electrons. The molecule has 1 aromatic rings. The summed E-state index contributed by atoms with van der Waals surface area (Å²) in [7, 11) is 0. The first-order chi connectivity index (χ1) is 7.29. The molecule has 2 atom stereocenters. The largest absolute Gasteiger partial charge is 0.381 e. The van der Waals surface area contributed by atoms with Crippen molar-refractivity contribution in [2.75, 3.05) is 13.2 Å². The van der Waals surface area contributed by atoms with Crippen LogP contribution in [0.1, 0.15) is 24.8 Å². The average Bonchev–Trinajstić information content (AvgIpc) is 2.82. The summed E-state index contributed by atoms with van der Waals surface area (Å²) >= 11 is 0. The SMILES string of the molecule is CC(C(=O)C1CCOC1)c1ccncc1. The minimum absolute atomic E-state index is 0.0419. The lowest BCUT2D eigenvalue weighted by Gasteiger charge is -2.14.